The molecule has 132 valence electrons. The second kappa shape index (κ2) is 7.33. The Balaban J connectivity index is 1.86. The van der Waals surface area contributed by atoms with Gasteiger partial charge < -0.3 is 5.32 Å². The molecule has 0 spiro atoms. The van der Waals surface area contributed by atoms with Gasteiger partial charge in [0.15, 0.2) is 0 Å². The third-order valence-corrected chi connectivity index (χ3v) is 6.36. The lowest BCUT2D eigenvalue weighted by Gasteiger charge is -2.26. The van der Waals surface area contributed by atoms with Gasteiger partial charge in [-0.05, 0) is 49.6 Å². The minimum atomic E-state index is -3.54. The molecule has 0 radical (unpaired) electrons. The minimum absolute atomic E-state index is 0.252. The summed E-state index contributed by atoms with van der Waals surface area (Å²) in [5, 5.41) is 2.75. The maximum atomic E-state index is 12.9. The quantitative estimate of drug-likeness (QED) is 0.910. The van der Waals surface area contributed by atoms with Gasteiger partial charge in [-0.2, -0.15) is 4.31 Å². The summed E-state index contributed by atoms with van der Waals surface area (Å²) in [4.78, 5) is 16.4. The fourth-order valence-corrected chi connectivity index (χ4v) is 4.67. The molecular formula is C18H21N3O3S. The van der Waals surface area contributed by atoms with Crippen molar-refractivity contribution in [1.82, 2.24) is 9.29 Å². The van der Waals surface area contributed by atoms with Gasteiger partial charge in [-0.15, -0.1) is 0 Å². The monoisotopic (exact) mass is 359 g/mol. The molecule has 1 fully saturated rings. The number of hydrogen-bond acceptors (Lipinski definition) is 4. The average molecular weight is 359 g/mol. The maximum Gasteiger partial charge on any atom is 0.255 e. The van der Waals surface area contributed by atoms with Gasteiger partial charge >= 0.3 is 0 Å². The van der Waals surface area contributed by atoms with Gasteiger partial charge in [-0.3, -0.25) is 9.78 Å². The van der Waals surface area contributed by atoms with Crippen LogP contribution in [0.5, 0.6) is 0 Å². The van der Waals surface area contributed by atoms with Crippen LogP contribution in [0, 0.1) is 6.92 Å². The van der Waals surface area contributed by atoms with Crippen LogP contribution >= 0.6 is 0 Å². The fraction of sp³-hybridized carbons (Fsp3) is 0.333. The highest BCUT2D eigenvalue weighted by Crippen LogP contribution is 2.26. The second-order valence-electron chi connectivity index (χ2n) is 6.14. The van der Waals surface area contributed by atoms with Crippen molar-refractivity contribution < 1.29 is 13.2 Å². The first kappa shape index (κ1) is 17.6. The van der Waals surface area contributed by atoms with E-state index in [1.165, 1.54) is 16.7 Å². The normalized spacial score (nSPS) is 15.7. The second-order valence-corrected chi connectivity index (χ2v) is 8.04. The van der Waals surface area contributed by atoms with Crippen molar-refractivity contribution in [3.8, 4) is 0 Å². The van der Waals surface area contributed by atoms with Crippen molar-refractivity contribution in [2.75, 3.05) is 18.4 Å². The number of aromatic nitrogens is 1. The average Bonchev–Trinajstić information content (AvgIpc) is 2.64. The number of rotatable bonds is 4. The number of hydrogen-bond donors (Lipinski definition) is 1. The van der Waals surface area contributed by atoms with Crippen molar-refractivity contribution in [3.63, 3.8) is 0 Å². The largest absolute Gasteiger partial charge is 0.322 e. The van der Waals surface area contributed by atoms with Gasteiger partial charge in [0.05, 0.1) is 4.90 Å². The van der Waals surface area contributed by atoms with E-state index in [9.17, 15) is 13.2 Å². The zero-order chi connectivity index (χ0) is 17.9. The lowest BCUT2D eigenvalue weighted by atomic mass is 10.2. The summed E-state index contributed by atoms with van der Waals surface area (Å²) in [6.07, 6.45) is 5.91. The summed E-state index contributed by atoms with van der Waals surface area (Å²) in [6, 6.07) is 8.19. The highest BCUT2D eigenvalue weighted by molar-refractivity contribution is 7.89. The Kier molecular flexibility index (Phi) is 5.15. The van der Waals surface area contributed by atoms with Crippen molar-refractivity contribution in [1.29, 1.82) is 0 Å². The Hall–Kier alpha value is -2.25. The van der Waals surface area contributed by atoms with E-state index in [4.69, 9.17) is 0 Å². The molecule has 2 heterocycles. The number of nitrogens with one attached hydrogen (secondary N) is 1. The molecule has 1 amide bonds. The van der Waals surface area contributed by atoms with Crippen molar-refractivity contribution in [2.24, 2.45) is 0 Å². The molecule has 2 aromatic rings. The number of nitrogens with zero attached hydrogens (tertiary/aromatic N) is 2. The fourth-order valence-electron chi connectivity index (χ4n) is 2.91. The molecule has 1 aliphatic rings. The van der Waals surface area contributed by atoms with E-state index in [0.29, 0.717) is 29.9 Å². The molecule has 7 heteroatoms. The number of amides is 1. The first-order valence-corrected chi connectivity index (χ1v) is 9.75. The molecule has 0 aliphatic carbocycles. The number of carbonyl (C=O) groups excluding carboxylic acids is 1. The number of piperidine rings is 1. The molecule has 6 nitrogen and oxygen atoms in total. The van der Waals surface area contributed by atoms with Crippen LogP contribution in [-0.4, -0.2) is 36.7 Å². The number of pyridine rings is 1. The SMILES string of the molecule is Cc1ccc(NC(=O)c2ccncc2)cc1S(=O)(=O)N1CCCCC1. The predicted octanol–water partition coefficient (Wildman–Crippen LogP) is 2.82. The first-order valence-electron chi connectivity index (χ1n) is 8.31. The molecule has 1 N–H and O–H groups in total. The molecule has 1 aromatic heterocycles. The zero-order valence-electron chi connectivity index (χ0n) is 14.1. The van der Waals surface area contributed by atoms with Crippen LogP contribution in [0.15, 0.2) is 47.6 Å². The van der Waals surface area contributed by atoms with Gasteiger partial charge in [0.2, 0.25) is 10.0 Å². The van der Waals surface area contributed by atoms with Crippen molar-refractivity contribution in [2.45, 2.75) is 31.1 Å². The molecular weight excluding hydrogens is 338 g/mol. The lowest BCUT2D eigenvalue weighted by Crippen LogP contribution is -2.36. The first-order chi connectivity index (χ1) is 12.0. The molecule has 0 atom stereocenters. The highest BCUT2D eigenvalue weighted by Gasteiger charge is 2.27. The van der Waals surface area contributed by atoms with Crippen LogP contribution in [0.3, 0.4) is 0 Å². The standard InChI is InChI=1S/C18H21N3O3S/c1-14-5-6-16(20-18(22)15-7-9-19-10-8-15)13-17(14)25(23,24)21-11-3-2-4-12-21/h5-10,13H,2-4,11-12H2,1H3,(H,20,22). The molecule has 0 bridgehead atoms. The molecule has 1 aliphatic heterocycles. The Morgan fingerprint density at radius 3 is 2.44 bits per heavy atom. The van der Waals surface area contributed by atoms with Crippen molar-refractivity contribution in [3.05, 3.63) is 53.9 Å². The van der Waals surface area contributed by atoms with E-state index in [1.54, 1.807) is 37.3 Å². The highest BCUT2D eigenvalue weighted by atomic mass is 32.2. The van der Waals surface area contributed by atoms with Gasteiger partial charge in [-0.25, -0.2) is 8.42 Å². The number of anilines is 1. The van der Waals surface area contributed by atoms with Gasteiger partial charge in [0, 0.05) is 36.7 Å². The summed E-state index contributed by atoms with van der Waals surface area (Å²) in [7, 11) is -3.54. The van der Waals surface area contributed by atoms with Gasteiger partial charge in [-0.1, -0.05) is 12.5 Å². The Bertz CT molecular complexity index is 860. The Morgan fingerprint density at radius 2 is 1.76 bits per heavy atom. The van der Waals surface area contributed by atoms with Gasteiger partial charge in [0.25, 0.3) is 5.91 Å². The van der Waals surface area contributed by atoms with Crippen LogP contribution in [0.1, 0.15) is 35.2 Å². The number of carbonyl (C=O) groups is 1. The van der Waals surface area contributed by atoms with E-state index in [0.717, 1.165) is 19.3 Å². The van der Waals surface area contributed by atoms with E-state index in [2.05, 4.69) is 10.3 Å². The topological polar surface area (TPSA) is 79.4 Å². The predicted molar refractivity (Wildman–Crippen MR) is 96.0 cm³/mol. The van der Waals surface area contributed by atoms with E-state index in [1.807, 2.05) is 0 Å². The van der Waals surface area contributed by atoms with Gasteiger partial charge in [0.1, 0.15) is 0 Å². The summed E-state index contributed by atoms with van der Waals surface area (Å²) >= 11 is 0. The summed E-state index contributed by atoms with van der Waals surface area (Å²) < 4.78 is 27.4. The zero-order valence-corrected chi connectivity index (χ0v) is 14.9. The minimum Gasteiger partial charge on any atom is -0.322 e. The van der Waals surface area contributed by atoms with Crippen LogP contribution in [-0.2, 0) is 10.0 Å². The molecule has 3 rings (SSSR count). The van der Waals surface area contributed by atoms with Crippen LogP contribution < -0.4 is 5.32 Å². The lowest BCUT2D eigenvalue weighted by molar-refractivity contribution is 0.102. The molecule has 1 aromatic carbocycles. The number of aryl methyl sites for hydroxylation is 1. The van der Waals surface area contributed by atoms with Crippen molar-refractivity contribution >= 4 is 21.6 Å². The molecule has 0 saturated carbocycles. The Morgan fingerprint density at radius 1 is 1.08 bits per heavy atom. The Labute approximate surface area is 147 Å². The molecule has 0 unspecified atom stereocenters. The summed E-state index contributed by atoms with van der Waals surface area (Å²) in [5.41, 5.74) is 1.60. The van der Waals surface area contributed by atoms with Crippen LogP contribution in [0.25, 0.3) is 0 Å². The third-order valence-electron chi connectivity index (χ3n) is 4.32. The van der Waals surface area contributed by atoms with E-state index in [-0.39, 0.29) is 10.8 Å². The maximum absolute atomic E-state index is 12.9. The van der Waals surface area contributed by atoms with Crippen LogP contribution in [0.2, 0.25) is 0 Å². The summed E-state index contributed by atoms with van der Waals surface area (Å²) in [5.74, 6) is -0.299. The molecule has 1 saturated heterocycles. The number of sulfonamides is 1. The molecule has 25 heavy (non-hydrogen) atoms. The van der Waals surface area contributed by atoms with E-state index < -0.39 is 10.0 Å². The summed E-state index contributed by atoms with van der Waals surface area (Å²) in [6.45, 7) is 2.87. The number of benzene rings is 1. The van der Waals surface area contributed by atoms with E-state index >= 15 is 0 Å². The third kappa shape index (κ3) is 3.88. The van der Waals surface area contributed by atoms with Crippen LogP contribution in [0.4, 0.5) is 5.69 Å². The smallest absolute Gasteiger partial charge is 0.255 e.